The van der Waals surface area contributed by atoms with Gasteiger partial charge in [0.05, 0.1) is 11.0 Å². The third-order valence-corrected chi connectivity index (χ3v) is 3.97. The highest BCUT2D eigenvalue weighted by Crippen LogP contribution is 2.23. The second-order valence-electron chi connectivity index (χ2n) is 4.98. The van der Waals surface area contributed by atoms with Crippen molar-refractivity contribution in [3.8, 4) is 0 Å². The van der Waals surface area contributed by atoms with Gasteiger partial charge in [-0.25, -0.2) is 0 Å². The summed E-state index contributed by atoms with van der Waals surface area (Å²) in [7, 11) is 0. The minimum Gasteiger partial charge on any atom is -0.378 e. The van der Waals surface area contributed by atoms with Crippen molar-refractivity contribution in [1.29, 1.82) is 0 Å². The molecule has 1 aliphatic rings. The molecular formula is C14H19BrN2O3. The van der Waals surface area contributed by atoms with E-state index in [1.165, 1.54) is 6.42 Å². The van der Waals surface area contributed by atoms with Gasteiger partial charge in [0.15, 0.2) is 0 Å². The van der Waals surface area contributed by atoms with Crippen LogP contribution in [-0.2, 0) is 11.3 Å². The Balaban J connectivity index is 1.80. The smallest absolute Gasteiger partial charge is 0.275 e. The van der Waals surface area contributed by atoms with E-state index >= 15 is 0 Å². The highest BCUT2D eigenvalue weighted by molar-refractivity contribution is 9.10. The zero-order valence-corrected chi connectivity index (χ0v) is 12.9. The van der Waals surface area contributed by atoms with E-state index in [4.69, 9.17) is 4.74 Å². The van der Waals surface area contributed by atoms with Gasteiger partial charge in [0, 0.05) is 29.3 Å². The Morgan fingerprint density at radius 3 is 3.00 bits per heavy atom. The van der Waals surface area contributed by atoms with E-state index < -0.39 is 0 Å². The molecule has 1 aromatic rings. The molecule has 0 spiro atoms. The van der Waals surface area contributed by atoms with Gasteiger partial charge in [0.25, 0.3) is 5.69 Å². The fraction of sp³-hybridized carbons (Fsp3) is 0.571. The lowest BCUT2D eigenvalue weighted by atomic mass is 10.1. The van der Waals surface area contributed by atoms with Gasteiger partial charge in [-0.05, 0) is 44.4 Å². The minimum atomic E-state index is -0.341. The highest BCUT2D eigenvalue weighted by atomic mass is 79.9. The van der Waals surface area contributed by atoms with Gasteiger partial charge >= 0.3 is 0 Å². The summed E-state index contributed by atoms with van der Waals surface area (Å²) in [6.07, 6.45) is 4.83. The fourth-order valence-electron chi connectivity index (χ4n) is 2.38. The minimum absolute atomic E-state index is 0.154. The summed E-state index contributed by atoms with van der Waals surface area (Å²) < 4.78 is 6.38. The van der Waals surface area contributed by atoms with Crippen molar-refractivity contribution >= 4 is 21.6 Å². The molecule has 20 heavy (non-hydrogen) atoms. The van der Waals surface area contributed by atoms with E-state index in [2.05, 4.69) is 21.2 Å². The first-order valence-electron chi connectivity index (χ1n) is 6.92. The first-order valence-corrected chi connectivity index (χ1v) is 7.71. The van der Waals surface area contributed by atoms with Crippen LogP contribution in [0.2, 0.25) is 0 Å². The Hall–Kier alpha value is -0.980. The molecular weight excluding hydrogens is 324 g/mol. The van der Waals surface area contributed by atoms with Crippen LogP contribution >= 0.6 is 15.9 Å². The van der Waals surface area contributed by atoms with Crippen molar-refractivity contribution in [2.24, 2.45) is 0 Å². The average molecular weight is 343 g/mol. The summed E-state index contributed by atoms with van der Waals surface area (Å²) in [5.41, 5.74) is 0.864. The number of halogens is 1. The van der Waals surface area contributed by atoms with E-state index in [-0.39, 0.29) is 10.6 Å². The van der Waals surface area contributed by atoms with Crippen LogP contribution in [0.15, 0.2) is 22.7 Å². The fourth-order valence-corrected chi connectivity index (χ4v) is 2.73. The number of nitro groups is 1. The zero-order chi connectivity index (χ0) is 14.4. The average Bonchev–Trinajstić information content (AvgIpc) is 2.45. The van der Waals surface area contributed by atoms with Crippen molar-refractivity contribution in [1.82, 2.24) is 5.32 Å². The molecule has 1 fully saturated rings. The SMILES string of the molecule is O=[N+]([O-])c1cc(Br)ccc1CNCCC1CCCCO1. The molecule has 1 unspecified atom stereocenters. The Morgan fingerprint density at radius 2 is 2.30 bits per heavy atom. The van der Waals surface area contributed by atoms with E-state index in [9.17, 15) is 10.1 Å². The normalized spacial score (nSPS) is 18.9. The van der Waals surface area contributed by atoms with Crippen LogP contribution < -0.4 is 5.32 Å². The third kappa shape index (κ3) is 4.54. The second-order valence-corrected chi connectivity index (χ2v) is 5.90. The van der Waals surface area contributed by atoms with Gasteiger partial charge in [-0.15, -0.1) is 0 Å². The molecule has 0 aliphatic carbocycles. The van der Waals surface area contributed by atoms with Crippen LogP contribution in [0.5, 0.6) is 0 Å². The predicted molar refractivity (Wildman–Crippen MR) is 80.7 cm³/mol. The Kier molecular flexibility index (Phi) is 5.94. The van der Waals surface area contributed by atoms with Crippen LogP contribution in [0.4, 0.5) is 5.69 Å². The topological polar surface area (TPSA) is 64.4 Å². The van der Waals surface area contributed by atoms with Crippen molar-refractivity contribution in [3.63, 3.8) is 0 Å². The number of benzene rings is 1. The lowest BCUT2D eigenvalue weighted by Crippen LogP contribution is -2.25. The monoisotopic (exact) mass is 342 g/mol. The van der Waals surface area contributed by atoms with Gasteiger partial charge in [0.1, 0.15) is 0 Å². The van der Waals surface area contributed by atoms with Crippen LogP contribution in [-0.4, -0.2) is 24.2 Å². The maximum absolute atomic E-state index is 11.0. The molecule has 5 nitrogen and oxygen atoms in total. The van der Waals surface area contributed by atoms with Crippen molar-refractivity contribution in [3.05, 3.63) is 38.3 Å². The third-order valence-electron chi connectivity index (χ3n) is 3.48. The number of ether oxygens (including phenoxy) is 1. The molecule has 2 rings (SSSR count). The lowest BCUT2D eigenvalue weighted by molar-refractivity contribution is -0.385. The van der Waals surface area contributed by atoms with E-state index in [1.807, 2.05) is 6.07 Å². The summed E-state index contributed by atoms with van der Waals surface area (Å²) in [4.78, 5) is 10.6. The highest BCUT2D eigenvalue weighted by Gasteiger charge is 2.15. The van der Waals surface area contributed by atoms with Gasteiger partial charge in [-0.1, -0.05) is 15.9 Å². The Labute approximate surface area is 127 Å². The van der Waals surface area contributed by atoms with E-state index in [1.54, 1.807) is 12.1 Å². The van der Waals surface area contributed by atoms with E-state index in [0.717, 1.165) is 36.9 Å². The first kappa shape index (κ1) is 15.4. The Bertz CT molecular complexity index is 462. The molecule has 0 amide bonds. The molecule has 1 atom stereocenters. The van der Waals surface area contributed by atoms with Gasteiger partial charge < -0.3 is 10.1 Å². The molecule has 1 heterocycles. The van der Waals surface area contributed by atoms with Gasteiger partial charge in [0.2, 0.25) is 0 Å². The number of nitrogens with one attached hydrogen (secondary N) is 1. The maximum atomic E-state index is 11.0. The first-order chi connectivity index (χ1) is 9.66. The van der Waals surface area contributed by atoms with Crippen LogP contribution in [0.3, 0.4) is 0 Å². The molecule has 0 bridgehead atoms. The van der Waals surface area contributed by atoms with Crippen molar-refractivity contribution in [2.75, 3.05) is 13.2 Å². The number of hydrogen-bond donors (Lipinski definition) is 1. The summed E-state index contributed by atoms with van der Waals surface area (Å²) in [6, 6.07) is 5.15. The van der Waals surface area contributed by atoms with Gasteiger partial charge in [-0.3, -0.25) is 10.1 Å². The molecule has 6 heteroatoms. The van der Waals surface area contributed by atoms with E-state index in [0.29, 0.717) is 18.2 Å². The molecule has 0 saturated carbocycles. The summed E-state index contributed by atoms with van der Waals surface area (Å²) in [5, 5.41) is 14.3. The van der Waals surface area contributed by atoms with Crippen LogP contribution in [0, 0.1) is 10.1 Å². The molecule has 1 aromatic carbocycles. The van der Waals surface area contributed by atoms with Crippen molar-refractivity contribution in [2.45, 2.75) is 38.3 Å². The number of nitrogens with zero attached hydrogens (tertiary/aromatic N) is 1. The zero-order valence-electron chi connectivity index (χ0n) is 11.3. The number of rotatable bonds is 6. The maximum Gasteiger partial charge on any atom is 0.275 e. The number of nitro benzene ring substituents is 1. The quantitative estimate of drug-likeness (QED) is 0.488. The number of hydrogen-bond acceptors (Lipinski definition) is 4. The van der Waals surface area contributed by atoms with Crippen LogP contribution in [0.25, 0.3) is 0 Å². The largest absolute Gasteiger partial charge is 0.378 e. The summed E-state index contributed by atoms with van der Waals surface area (Å²) >= 11 is 3.26. The Morgan fingerprint density at radius 1 is 1.45 bits per heavy atom. The summed E-state index contributed by atoms with van der Waals surface area (Å²) in [5.74, 6) is 0. The molecule has 1 aliphatic heterocycles. The van der Waals surface area contributed by atoms with Crippen LogP contribution in [0.1, 0.15) is 31.2 Å². The van der Waals surface area contributed by atoms with Crippen molar-refractivity contribution < 1.29 is 9.66 Å². The second kappa shape index (κ2) is 7.71. The predicted octanol–water partition coefficient (Wildman–Crippen LogP) is 3.41. The van der Waals surface area contributed by atoms with Gasteiger partial charge in [-0.2, -0.15) is 0 Å². The standard InChI is InChI=1S/C14H19BrN2O3/c15-12-5-4-11(14(9-12)17(18)19)10-16-7-6-13-3-1-2-8-20-13/h4-5,9,13,16H,1-3,6-8,10H2. The molecule has 1 N–H and O–H groups in total. The molecule has 0 aromatic heterocycles. The molecule has 1 saturated heterocycles. The lowest BCUT2D eigenvalue weighted by Gasteiger charge is -2.22. The molecule has 110 valence electrons. The summed E-state index contributed by atoms with van der Waals surface area (Å²) in [6.45, 7) is 2.19. The molecule has 0 radical (unpaired) electrons.